The Hall–Kier alpha value is -3.45. The van der Waals surface area contributed by atoms with Gasteiger partial charge in [0.05, 0.1) is 21.5 Å². The Morgan fingerprint density at radius 1 is 1.17 bits per heavy atom. The lowest BCUT2D eigenvalue weighted by atomic mass is 10.1. The maximum atomic E-state index is 11.9. The molecule has 0 aromatic heterocycles. The van der Waals surface area contributed by atoms with E-state index in [1.165, 1.54) is 12.1 Å². The van der Waals surface area contributed by atoms with Crippen molar-refractivity contribution in [3.05, 3.63) is 63.7 Å². The van der Waals surface area contributed by atoms with Crippen molar-refractivity contribution in [2.45, 2.75) is 17.7 Å². The molecule has 0 saturated heterocycles. The molecule has 1 amide bonds. The Kier molecular flexibility index (Phi) is 7.27. The van der Waals surface area contributed by atoms with E-state index >= 15 is 0 Å². The van der Waals surface area contributed by atoms with Gasteiger partial charge < -0.3 is 10.6 Å². The van der Waals surface area contributed by atoms with Gasteiger partial charge >= 0.3 is 0 Å². The summed E-state index contributed by atoms with van der Waals surface area (Å²) in [6.45, 7) is 0.485. The fourth-order valence-electron chi connectivity index (χ4n) is 2.53. The second kappa shape index (κ2) is 9.66. The number of anilines is 1. The van der Waals surface area contributed by atoms with E-state index in [1.54, 1.807) is 24.3 Å². The molecular formula is C19H20N4O5S. The molecule has 152 valence electrons. The summed E-state index contributed by atoms with van der Waals surface area (Å²) in [7, 11) is -3.55. The molecule has 0 aliphatic carbocycles. The highest BCUT2D eigenvalue weighted by molar-refractivity contribution is 7.90. The smallest absolute Gasteiger partial charge is 0.293 e. The fourth-order valence-corrected chi connectivity index (χ4v) is 3.17. The van der Waals surface area contributed by atoms with Gasteiger partial charge in [0, 0.05) is 31.8 Å². The number of carbonyl (C=O) groups is 1. The van der Waals surface area contributed by atoms with Gasteiger partial charge in [0.15, 0.2) is 9.84 Å². The van der Waals surface area contributed by atoms with Crippen LogP contribution in [0.25, 0.3) is 0 Å². The maximum absolute atomic E-state index is 11.9. The molecule has 2 N–H and O–H groups in total. The van der Waals surface area contributed by atoms with Crippen molar-refractivity contribution in [1.82, 2.24) is 5.32 Å². The van der Waals surface area contributed by atoms with Crippen LogP contribution in [0.3, 0.4) is 0 Å². The summed E-state index contributed by atoms with van der Waals surface area (Å²) in [5.41, 5.74) is 1.33. The van der Waals surface area contributed by atoms with Gasteiger partial charge in [-0.3, -0.25) is 14.9 Å². The molecule has 0 saturated carbocycles. The van der Waals surface area contributed by atoms with Crippen molar-refractivity contribution in [3.63, 3.8) is 0 Å². The summed E-state index contributed by atoms with van der Waals surface area (Å²) < 4.78 is 23.1. The van der Waals surface area contributed by atoms with E-state index in [0.29, 0.717) is 12.0 Å². The molecule has 9 nitrogen and oxygen atoms in total. The van der Waals surface area contributed by atoms with Gasteiger partial charge in [-0.25, -0.2) is 8.42 Å². The molecule has 0 bridgehead atoms. The highest BCUT2D eigenvalue weighted by Crippen LogP contribution is 2.27. The van der Waals surface area contributed by atoms with Gasteiger partial charge in [-0.2, -0.15) is 5.26 Å². The third-order valence-electron chi connectivity index (χ3n) is 4.08. The summed E-state index contributed by atoms with van der Waals surface area (Å²) in [5.74, 6) is -0.168. The van der Waals surface area contributed by atoms with E-state index < -0.39 is 14.8 Å². The number of amides is 1. The van der Waals surface area contributed by atoms with E-state index in [1.807, 2.05) is 6.07 Å². The van der Waals surface area contributed by atoms with Crippen molar-refractivity contribution in [1.29, 1.82) is 5.26 Å². The van der Waals surface area contributed by atoms with Gasteiger partial charge in [-0.1, -0.05) is 12.1 Å². The van der Waals surface area contributed by atoms with Crippen molar-refractivity contribution < 1.29 is 18.1 Å². The predicted octanol–water partition coefficient (Wildman–Crippen LogP) is 2.03. The maximum Gasteiger partial charge on any atom is 0.293 e. The number of hydrogen-bond acceptors (Lipinski definition) is 7. The summed E-state index contributed by atoms with van der Waals surface area (Å²) in [4.78, 5) is 22.3. The zero-order valence-corrected chi connectivity index (χ0v) is 16.5. The van der Waals surface area contributed by atoms with Crippen LogP contribution in [-0.2, 0) is 21.1 Å². The zero-order chi connectivity index (χ0) is 21.4. The Balaban J connectivity index is 1.82. The number of nitro groups is 1. The van der Waals surface area contributed by atoms with Crippen molar-refractivity contribution in [2.75, 3.05) is 24.7 Å². The molecule has 0 aliphatic heterocycles. The highest BCUT2D eigenvalue weighted by Gasteiger charge is 2.18. The van der Waals surface area contributed by atoms with Gasteiger partial charge in [0.25, 0.3) is 5.69 Å². The number of rotatable bonds is 9. The predicted molar refractivity (Wildman–Crippen MR) is 107 cm³/mol. The summed E-state index contributed by atoms with van der Waals surface area (Å²) in [6.07, 6.45) is 1.78. The molecule has 0 spiro atoms. The highest BCUT2D eigenvalue weighted by atomic mass is 32.2. The number of carbonyl (C=O) groups excluding carboxylic acids is 1. The third-order valence-corrected chi connectivity index (χ3v) is 5.19. The number of aryl methyl sites for hydroxylation is 1. The molecule has 10 heteroatoms. The Morgan fingerprint density at radius 2 is 1.86 bits per heavy atom. The molecule has 0 fully saturated rings. The first-order valence-corrected chi connectivity index (χ1v) is 10.6. The number of nitriles is 1. The summed E-state index contributed by atoms with van der Waals surface area (Å²) in [5, 5.41) is 25.5. The molecular weight excluding hydrogens is 396 g/mol. The van der Waals surface area contributed by atoms with Crippen LogP contribution in [0.2, 0.25) is 0 Å². The summed E-state index contributed by atoms with van der Waals surface area (Å²) >= 11 is 0. The van der Waals surface area contributed by atoms with Gasteiger partial charge in [-0.05, 0) is 36.2 Å². The van der Waals surface area contributed by atoms with Crippen molar-refractivity contribution >= 4 is 27.1 Å². The molecule has 0 radical (unpaired) electrons. The van der Waals surface area contributed by atoms with E-state index in [-0.39, 0.29) is 41.7 Å². The Morgan fingerprint density at radius 3 is 2.45 bits per heavy atom. The Labute approximate surface area is 168 Å². The lowest BCUT2D eigenvalue weighted by Gasteiger charge is -2.09. The largest absolute Gasteiger partial charge is 0.378 e. The topological polar surface area (TPSA) is 142 Å². The minimum Gasteiger partial charge on any atom is -0.378 e. The number of nitrogens with zero attached hydrogens (tertiary/aromatic N) is 2. The van der Waals surface area contributed by atoms with Crippen LogP contribution in [0.4, 0.5) is 11.4 Å². The normalized spacial score (nSPS) is 10.8. The van der Waals surface area contributed by atoms with Crippen LogP contribution in [-0.4, -0.2) is 38.6 Å². The number of nitro benzene ring substituents is 1. The van der Waals surface area contributed by atoms with Crippen LogP contribution in [0.5, 0.6) is 0 Å². The van der Waals surface area contributed by atoms with Gasteiger partial charge in [-0.15, -0.1) is 0 Å². The Bertz CT molecular complexity index is 1040. The fraction of sp³-hybridized carbons (Fsp3) is 0.263. The van der Waals surface area contributed by atoms with Crippen LogP contribution >= 0.6 is 0 Å². The van der Waals surface area contributed by atoms with Crippen LogP contribution < -0.4 is 10.6 Å². The second-order valence-corrected chi connectivity index (χ2v) is 8.31. The molecule has 2 aromatic rings. The van der Waals surface area contributed by atoms with E-state index in [4.69, 9.17) is 5.26 Å². The number of benzene rings is 2. The van der Waals surface area contributed by atoms with E-state index in [0.717, 1.165) is 17.9 Å². The molecule has 0 unspecified atom stereocenters. The van der Waals surface area contributed by atoms with Crippen molar-refractivity contribution in [3.8, 4) is 6.07 Å². The number of hydrogen-bond donors (Lipinski definition) is 2. The van der Waals surface area contributed by atoms with Crippen LogP contribution in [0.15, 0.2) is 47.4 Å². The summed E-state index contributed by atoms with van der Waals surface area (Å²) in [6, 6.07) is 12.6. The monoisotopic (exact) mass is 416 g/mol. The van der Waals surface area contributed by atoms with Crippen LogP contribution in [0, 0.1) is 21.4 Å². The first-order valence-electron chi connectivity index (χ1n) is 8.69. The first kappa shape index (κ1) is 21.8. The van der Waals surface area contributed by atoms with Crippen molar-refractivity contribution in [2.24, 2.45) is 0 Å². The van der Waals surface area contributed by atoms with Gasteiger partial charge in [0.1, 0.15) is 5.69 Å². The minimum atomic E-state index is -3.55. The third kappa shape index (κ3) is 6.58. The lowest BCUT2D eigenvalue weighted by molar-refractivity contribution is -0.384. The van der Waals surface area contributed by atoms with Crippen LogP contribution in [0.1, 0.15) is 17.5 Å². The zero-order valence-electron chi connectivity index (χ0n) is 15.7. The molecule has 0 aliphatic rings. The minimum absolute atomic E-state index is 0.133. The SMILES string of the molecule is CS(=O)(=O)c1ccc(NCCNC(=O)CCc2ccc(C#N)cc2)c([N+](=O)[O-])c1. The number of sulfone groups is 1. The first-order chi connectivity index (χ1) is 13.7. The second-order valence-electron chi connectivity index (χ2n) is 6.29. The molecule has 29 heavy (non-hydrogen) atoms. The van der Waals surface area contributed by atoms with E-state index in [9.17, 15) is 23.3 Å². The molecule has 2 aromatic carbocycles. The average Bonchev–Trinajstić information content (AvgIpc) is 2.69. The molecule has 0 heterocycles. The standard InChI is InChI=1S/C19H20N4O5S/c1-29(27,28)16-7-8-17(18(12-16)23(25)26)21-10-11-22-19(24)9-6-14-2-4-15(13-20)5-3-14/h2-5,7-8,12,21H,6,9-11H2,1H3,(H,22,24). The molecule has 0 atom stereocenters. The number of nitrogens with one attached hydrogen (secondary N) is 2. The average molecular weight is 416 g/mol. The van der Waals surface area contributed by atoms with E-state index in [2.05, 4.69) is 10.6 Å². The lowest BCUT2D eigenvalue weighted by Crippen LogP contribution is -2.29. The molecule has 2 rings (SSSR count). The quantitative estimate of drug-likeness (QED) is 0.362. The van der Waals surface area contributed by atoms with Gasteiger partial charge in [0.2, 0.25) is 5.91 Å².